The number of piperazine rings is 1. The number of nitrogens with zero attached hydrogens (tertiary/aromatic N) is 5. The van der Waals surface area contributed by atoms with Crippen LogP contribution in [0.2, 0.25) is 0 Å². The Hall–Kier alpha value is -2.79. The van der Waals surface area contributed by atoms with Gasteiger partial charge in [-0.1, -0.05) is 36.0 Å². The van der Waals surface area contributed by atoms with E-state index in [9.17, 15) is 10.1 Å². The average Bonchev–Trinajstić information content (AvgIpc) is 3.21. The van der Waals surface area contributed by atoms with Crippen molar-refractivity contribution in [1.29, 1.82) is 5.26 Å². The topological polar surface area (TPSA) is 82.4 Å². The number of benzene rings is 1. The number of aromatic nitrogens is 2. The molecule has 0 N–H and O–H groups in total. The Labute approximate surface area is 218 Å². The van der Waals surface area contributed by atoms with Gasteiger partial charge in [0.1, 0.15) is 11.4 Å². The van der Waals surface area contributed by atoms with Gasteiger partial charge in [0.15, 0.2) is 5.16 Å². The Balaban J connectivity index is 1.46. The zero-order valence-electron chi connectivity index (χ0n) is 21.7. The maximum absolute atomic E-state index is 12.9. The highest BCUT2D eigenvalue weighted by Gasteiger charge is 2.45. The van der Waals surface area contributed by atoms with Gasteiger partial charge in [0.25, 0.3) is 0 Å². The highest BCUT2D eigenvalue weighted by atomic mass is 32.2. The second kappa shape index (κ2) is 9.59. The first-order chi connectivity index (χ1) is 17.2. The van der Waals surface area contributed by atoms with Crippen molar-refractivity contribution in [3.05, 3.63) is 46.6 Å². The molecule has 1 amide bonds. The molecule has 1 aromatic heterocycles. The molecule has 1 saturated heterocycles. The van der Waals surface area contributed by atoms with Gasteiger partial charge in [-0.25, -0.2) is 14.8 Å². The molecule has 0 saturated carbocycles. The van der Waals surface area contributed by atoms with Crippen molar-refractivity contribution in [2.45, 2.75) is 81.5 Å². The van der Waals surface area contributed by atoms with Crippen LogP contribution in [0.15, 0.2) is 29.4 Å². The fraction of sp³-hybridized carbons (Fsp3) is 0.571. The zero-order valence-corrected chi connectivity index (χ0v) is 22.5. The Morgan fingerprint density at radius 2 is 2.06 bits per heavy atom. The molecule has 5 rings (SSSR count). The molecule has 8 heteroatoms. The lowest BCUT2D eigenvalue weighted by molar-refractivity contribution is 0.0145. The van der Waals surface area contributed by atoms with E-state index in [1.54, 1.807) is 16.7 Å². The molecule has 3 aliphatic rings. The lowest BCUT2D eigenvalue weighted by atomic mass is 9.68. The number of fused-ring (bicyclic) bond motifs is 3. The van der Waals surface area contributed by atoms with Crippen molar-refractivity contribution in [2.75, 3.05) is 30.8 Å². The Morgan fingerprint density at radius 1 is 1.25 bits per heavy atom. The summed E-state index contributed by atoms with van der Waals surface area (Å²) in [6.07, 6.45) is 7.32. The summed E-state index contributed by atoms with van der Waals surface area (Å²) in [6.45, 7) is 7.33. The van der Waals surface area contributed by atoms with Gasteiger partial charge in [0.05, 0.1) is 24.2 Å². The molecule has 2 aromatic rings. The molecular weight excluding hydrogens is 470 g/mol. The summed E-state index contributed by atoms with van der Waals surface area (Å²) in [7, 11) is 0. The predicted molar refractivity (Wildman–Crippen MR) is 141 cm³/mol. The summed E-state index contributed by atoms with van der Waals surface area (Å²) in [4.78, 5) is 26.9. The number of carbonyl (C=O) groups excluding carboxylic acids is 1. The fourth-order valence-corrected chi connectivity index (χ4v) is 6.54. The van der Waals surface area contributed by atoms with E-state index in [1.165, 1.54) is 23.1 Å². The van der Waals surface area contributed by atoms with E-state index in [2.05, 4.69) is 35.2 Å². The van der Waals surface area contributed by atoms with Crippen LogP contribution in [0.3, 0.4) is 0 Å². The van der Waals surface area contributed by atoms with Crippen LogP contribution in [0.25, 0.3) is 0 Å². The maximum atomic E-state index is 12.9. The van der Waals surface area contributed by atoms with Crippen LogP contribution in [0.1, 0.15) is 62.4 Å². The zero-order chi connectivity index (χ0) is 25.5. The van der Waals surface area contributed by atoms with Gasteiger partial charge in [-0.05, 0) is 63.8 Å². The standard InChI is InChI=1S/C28H35N5O2S/c1-27(2,3)35-26(34)33-15-14-32(18-20(33)11-13-29)24-21-16-28(17-23(21)30-25(31-24)36-4)12-7-9-19-8-5-6-10-22(19)28/h5-6,8,10,20H,7,9,11-12,14-18H2,1-4H3/t20-,28?/m0/s1. The molecule has 7 nitrogen and oxygen atoms in total. The first-order valence-corrected chi connectivity index (χ1v) is 14.1. The highest BCUT2D eigenvalue weighted by Crippen LogP contribution is 2.49. The van der Waals surface area contributed by atoms with E-state index in [0.29, 0.717) is 19.6 Å². The number of thioether (sulfide) groups is 1. The number of ether oxygens (including phenoxy) is 1. The second-order valence-corrected chi connectivity index (χ2v) is 12.0. The van der Waals surface area contributed by atoms with Gasteiger partial charge in [-0.15, -0.1) is 0 Å². The van der Waals surface area contributed by atoms with E-state index < -0.39 is 5.60 Å². The number of rotatable bonds is 3. The minimum Gasteiger partial charge on any atom is -0.444 e. The van der Waals surface area contributed by atoms with Crippen LogP contribution in [-0.2, 0) is 29.4 Å². The van der Waals surface area contributed by atoms with Gasteiger partial charge < -0.3 is 14.5 Å². The molecule has 1 aromatic carbocycles. The van der Waals surface area contributed by atoms with Crippen molar-refractivity contribution in [3.8, 4) is 6.07 Å². The van der Waals surface area contributed by atoms with Gasteiger partial charge in [-0.3, -0.25) is 0 Å². The van der Waals surface area contributed by atoms with Crippen molar-refractivity contribution in [3.63, 3.8) is 0 Å². The van der Waals surface area contributed by atoms with Gasteiger partial charge >= 0.3 is 6.09 Å². The molecule has 2 atom stereocenters. The number of anilines is 1. The Kier molecular flexibility index (Phi) is 6.63. The SMILES string of the molecule is CSc1nc2c(c(N3CCN(C(=O)OC(C)(C)C)[C@@H](CC#N)C3)n1)CC1(CCCc3ccccc31)C2. The van der Waals surface area contributed by atoms with E-state index in [-0.39, 0.29) is 24.0 Å². The lowest BCUT2D eigenvalue weighted by Crippen LogP contribution is -2.56. The summed E-state index contributed by atoms with van der Waals surface area (Å²) >= 11 is 1.57. The largest absolute Gasteiger partial charge is 0.444 e. The van der Waals surface area contributed by atoms with E-state index in [4.69, 9.17) is 14.7 Å². The number of amides is 1. The molecule has 36 heavy (non-hydrogen) atoms. The van der Waals surface area contributed by atoms with Gasteiger partial charge in [0.2, 0.25) is 0 Å². The fourth-order valence-electron chi connectivity index (χ4n) is 6.16. The first-order valence-electron chi connectivity index (χ1n) is 12.9. The van der Waals surface area contributed by atoms with Crippen LogP contribution in [0, 0.1) is 11.3 Å². The summed E-state index contributed by atoms with van der Waals surface area (Å²) in [5.41, 5.74) is 4.86. The van der Waals surface area contributed by atoms with E-state index >= 15 is 0 Å². The second-order valence-electron chi connectivity index (χ2n) is 11.2. The van der Waals surface area contributed by atoms with E-state index in [0.717, 1.165) is 42.4 Å². The van der Waals surface area contributed by atoms with Gasteiger partial charge in [-0.2, -0.15) is 5.26 Å². The van der Waals surface area contributed by atoms with Crippen LogP contribution in [-0.4, -0.2) is 58.5 Å². The third-order valence-corrected chi connectivity index (χ3v) is 8.23. The number of nitriles is 1. The molecule has 0 radical (unpaired) electrons. The quantitative estimate of drug-likeness (QED) is 0.433. The monoisotopic (exact) mass is 505 g/mol. The van der Waals surface area contributed by atoms with Crippen molar-refractivity contribution in [1.82, 2.24) is 14.9 Å². The third-order valence-electron chi connectivity index (χ3n) is 7.68. The van der Waals surface area contributed by atoms with Crippen LogP contribution >= 0.6 is 11.8 Å². The van der Waals surface area contributed by atoms with Crippen LogP contribution < -0.4 is 4.90 Å². The lowest BCUT2D eigenvalue weighted by Gasteiger charge is -2.42. The van der Waals surface area contributed by atoms with Crippen molar-refractivity contribution in [2.24, 2.45) is 0 Å². The predicted octanol–water partition coefficient (Wildman–Crippen LogP) is 4.91. The number of hydrogen-bond acceptors (Lipinski definition) is 7. The minimum atomic E-state index is -0.573. The summed E-state index contributed by atoms with van der Waals surface area (Å²) < 4.78 is 5.64. The first kappa shape index (κ1) is 24.9. The number of aryl methyl sites for hydroxylation is 1. The molecule has 2 aliphatic carbocycles. The van der Waals surface area contributed by atoms with Crippen LogP contribution in [0.4, 0.5) is 10.6 Å². The van der Waals surface area contributed by atoms with Crippen molar-refractivity contribution >= 4 is 23.7 Å². The third kappa shape index (κ3) is 4.66. The Bertz CT molecular complexity index is 1200. The molecule has 190 valence electrons. The Morgan fingerprint density at radius 3 is 2.81 bits per heavy atom. The molecule has 1 fully saturated rings. The smallest absolute Gasteiger partial charge is 0.410 e. The summed E-state index contributed by atoms with van der Waals surface area (Å²) in [6, 6.07) is 10.9. The number of hydrogen-bond donors (Lipinski definition) is 0. The highest BCUT2D eigenvalue weighted by molar-refractivity contribution is 7.98. The molecular formula is C28H35N5O2S. The molecule has 1 aliphatic heterocycles. The summed E-state index contributed by atoms with van der Waals surface area (Å²) in [5.74, 6) is 0.982. The minimum absolute atomic E-state index is 0.0853. The number of carbonyl (C=O) groups is 1. The summed E-state index contributed by atoms with van der Waals surface area (Å²) in [5, 5.41) is 10.3. The molecule has 1 unspecified atom stereocenters. The van der Waals surface area contributed by atoms with Crippen molar-refractivity contribution < 1.29 is 9.53 Å². The van der Waals surface area contributed by atoms with E-state index in [1.807, 2.05) is 27.0 Å². The van der Waals surface area contributed by atoms with Gasteiger partial charge in [0, 0.05) is 37.0 Å². The molecule has 0 bridgehead atoms. The normalized spacial score (nSPS) is 23.2. The molecule has 2 heterocycles. The maximum Gasteiger partial charge on any atom is 0.410 e. The average molecular weight is 506 g/mol. The molecule has 1 spiro atoms. The van der Waals surface area contributed by atoms with Crippen LogP contribution in [0.5, 0.6) is 0 Å².